The van der Waals surface area contributed by atoms with Crippen LogP contribution in [0.5, 0.6) is 5.75 Å². The lowest BCUT2D eigenvalue weighted by atomic mass is 10.1. The van der Waals surface area contributed by atoms with E-state index in [0.29, 0.717) is 28.5 Å². The third-order valence-electron chi connectivity index (χ3n) is 5.01. The van der Waals surface area contributed by atoms with Crippen molar-refractivity contribution in [3.05, 3.63) is 95.4 Å². The lowest BCUT2D eigenvalue weighted by Crippen LogP contribution is -2.32. The first-order valence-corrected chi connectivity index (χ1v) is 9.78. The van der Waals surface area contributed by atoms with E-state index >= 15 is 0 Å². The van der Waals surface area contributed by atoms with Gasteiger partial charge >= 0.3 is 0 Å². The maximum Gasteiger partial charge on any atom is 0.282 e. The second kappa shape index (κ2) is 8.44. The van der Waals surface area contributed by atoms with Crippen LogP contribution in [-0.4, -0.2) is 32.9 Å². The molecule has 0 fully saturated rings. The summed E-state index contributed by atoms with van der Waals surface area (Å²) in [5, 5.41) is 0. The van der Waals surface area contributed by atoms with Crippen molar-refractivity contribution in [3.63, 3.8) is 0 Å². The van der Waals surface area contributed by atoms with Crippen LogP contribution in [0.4, 0.5) is 15.8 Å². The van der Waals surface area contributed by atoms with Crippen LogP contribution in [0.3, 0.4) is 0 Å². The van der Waals surface area contributed by atoms with Crippen LogP contribution >= 0.6 is 0 Å². The average Bonchev–Trinajstić information content (AvgIpc) is 3.10. The Morgan fingerprint density at radius 1 is 0.935 bits per heavy atom. The lowest BCUT2D eigenvalue weighted by molar-refractivity contribution is -0.113. The van der Waals surface area contributed by atoms with Gasteiger partial charge in [0.2, 0.25) is 0 Å². The van der Waals surface area contributed by atoms with Gasteiger partial charge in [-0.3, -0.25) is 9.69 Å². The first-order valence-electron chi connectivity index (χ1n) is 9.78. The number of methoxy groups -OCH3 is 1. The predicted molar refractivity (Wildman–Crippen MR) is 122 cm³/mol. The van der Waals surface area contributed by atoms with Crippen molar-refractivity contribution in [1.29, 1.82) is 0 Å². The maximum atomic E-state index is 13.5. The monoisotopic (exact) mass is 415 g/mol. The summed E-state index contributed by atoms with van der Waals surface area (Å²) in [4.78, 5) is 21.5. The number of amidine groups is 1. The number of rotatable bonds is 5. The van der Waals surface area contributed by atoms with E-state index in [1.807, 2.05) is 43.3 Å². The Balaban J connectivity index is 1.76. The van der Waals surface area contributed by atoms with Crippen molar-refractivity contribution in [2.24, 2.45) is 4.99 Å². The molecule has 0 saturated carbocycles. The highest BCUT2D eigenvalue weighted by Gasteiger charge is 2.32. The van der Waals surface area contributed by atoms with Gasteiger partial charge in [-0.15, -0.1) is 0 Å². The van der Waals surface area contributed by atoms with E-state index in [4.69, 9.17) is 4.74 Å². The molecule has 1 heterocycles. The minimum Gasteiger partial charge on any atom is -0.497 e. The SMILES string of the molecule is COc1ccc(N2C(=O)/C(=C\c3ccc(N(C)C)cc3)N=C2c2ccc(F)cc2)cc1. The van der Waals surface area contributed by atoms with Gasteiger partial charge < -0.3 is 9.64 Å². The number of aliphatic imine (C=N–C) groups is 1. The minimum atomic E-state index is -0.346. The number of anilines is 2. The zero-order chi connectivity index (χ0) is 22.0. The highest BCUT2D eigenvalue weighted by molar-refractivity contribution is 6.33. The van der Waals surface area contributed by atoms with Crippen molar-refractivity contribution in [1.82, 2.24) is 0 Å². The first-order chi connectivity index (χ1) is 15.0. The van der Waals surface area contributed by atoms with Crippen LogP contribution in [0.25, 0.3) is 6.08 Å². The molecule has 0 unspecified atom stereocenters. The van der Waals surface area contributed by atoms with Gasteiger partial charge in [-0.05, 0) is 72.3 Å². The summed E-state index contributed by atoms with van der Waals surface area (Å²) in [6, 6.07) is 21.0. The van der Waals surface area contributed by atoms with E-state index < -0.39 is 0 Å². The molecule has 6 heteroatoms. The summed E-state index contributed by atoms with van der Waals surface area (Å²) in [5.74, 6) is 0.543. The Morgan fingerprint density at radius 3 is 2.16 bits per heavy atom. The van der Waals surface area contributed by atoms with Gasteiger partial charge in [0, 0.05) is 25.3 Å². The van der Waals surface area contributed by atoms with Gasteiger partial charge in [0.05, 0.1) is 12.8 Å². The highest BCUT2D eigenvalue weighted by atomic mass is 19.1. The van der Waals surface area contributed by atoms with Crippen LogP contribution in [0.2, 0.25) is 0 Å². The first kappa shape index (κ1) is 20.3. The van der Waals surface area contributed by atoms with Crippen LogP contribution in [0.1, 0.15) is 11.1 Å². The quantitative estimate of drug-likeness (QED) is 0.566. The number of halogens is 1. The summed E-state index contributed by atoms with van der Waals surface area (Å²) in [6.07, 6.45) is 1.76. The normalized spacial score (nSPS) is 14.7. The summed E-state index contributed by atoms with van der Waals surface area (Å²) in [7, 11) is 5.53. The summed E-state index contributed by atoms with van der Waals surface area (Å²) in [6.45, 7) is 0. The van der Waals surface area contributed by atoms with Crippen molar-refractivity contribution in [3.8, 4) is 5.75 Å². The van der Waals surface area contributed by atoms with Crippen molar-refractivity contribution in [2.75, 3.05) is 31.0 Å². The van der Waals surface area contributed by atoms with E-state index in [1.165, 1.54) is 17.0 Å². The fraction of sp³-hybridized carbons (Fsp3) is 0.120. The predicted octanol–water partition coefficient (Wildman–Crippen LogP) is 4.73. The smallest absolute Gasteiger partial charge is 0.282 e. The van der Waals surface area contributed by atoms with E-state index in [-0.39, 0.29) is 11.7 Å². The number of carbonyl (C=O) groups excluding carboxylic acids is 1. The van der Waals surface area contributed by atoms with E-state index in [2.05, 4.69) is 4.99 Å². The second-order valence-electron chi connectivity index (χ2n) is 7.30. The molecular weight excluding hydrogens is 393 g/mol. The lowest BCUT2D eigenvalue weighted by Gasteiger charge is -2.19. The Hall–Kier alpha value is -3.93. The molecule has 0 saturated heterocycles. The van der Waals surface area contributed by atoms with Crippen molar-refractivity contribution < 1.29 is 13.9 Å². The molecule has 0 atom stereocenters. The molecule has 1 aliphatic rings. The number of amides is 1. The molecule has 1 aliphatic heterocycles. The van der Waals surface area contributed by atoms with Gasteiger partial charge in [0.15, 0.2) is 0 Å². The van der Waals surface area contributed by atoms with Gasteiger partial charge in [-0.1, -0.05) is 12.1 Å². The molecule has 156 valence electrons. The molecule has 0 spiro atoms. The Labute approximate surface area is 180 Å². The van der Waals surface area contributed by atoms with Gasteiger partial charge in [0.1, 0.15) is 23.1 Å². The fourth-order valence-electron chi connectivity index (χ4n) is 3.31. The molecule has 31 heavy (non-hydrogen) atoms. The summed E-state index contributed by atoms with van der Waals surface area (Å²) >= 11 is 0. The van der Waals surface area contributed by atoms with Crippen molar-refractivity contribution in [2.45, 2.75) is 0 Å². The molecule has 1 amide bonds. The van der Waals surface area contributed by atoms with Gasteiger partial charge in [-0.25, -0.2) is 9.38 Å². The molecular formula is C25H22FN3O2. The second-order valence-corrected chi connectivity index (χ2v) is 7.30. The van der Waals surface area contributed by atoms with Crippen LogP contribution < -0.4 is 14.5 Å². The molecule has 0 N–H and O–H groups in total. The van der Waals surface area contributed by atoms with Gasteiger partial charge in [-0.2, -0.15) is 0 Å². The third kappa shape index (κ3) is 4.19. The van der Waals surface area contributed by atoms with Crippen LogP contribution in [0, 0.1) is 5.82 Å². The van der Waals surface area contributed by atoms with E-state index in [0.717, 1.165) is 11.3 Å². The van der Waals surface area contributed by atoms with E-state index in [1.54, 1.807) is 49.6 Å². The zero-order valence-electron chi connectivity index (χ0n) is 17.5. The Kier molecular flexibility index (Phi) is 5.54. The molecule has 4 rings (SSSR count). The zero-order valence-corrected chi connectivity index (χ0v) is 17.5. The number of hydrogen-bond donors (Lipinski definition) is 0. The maximum absolute atomic E-state index is 13.5. The van der Waals surface area contributed by atoms with Crippen molar-refractivity contribution >= 4 is 29.2 Å². The largest absolute Gasteiger partial charge is 0.497 e. The Bertz CT molecular complexity index is 1150. The molecule has 5 nitrogen and oxygen atoms in total. The van der Waals surface area contributed by atoms with Gasteiger partial charge in [0.25, 0.3) is 5.91 Å². The molecule has 3 aromatic carbocycles. The number of nitrogens with zero attached hydrogens (tertiary/aromatic N) is 3. The average molecular weight is 415 g/mol. The topological polar surface area (TPSA) is 45.1 Å². The number of carbonyl (C=O) groups is 1. The fourth-order valence-corrected chi connectivity index (χ4v) is 3.31. The summed E-state index contributed by atoms with van der Waals surface area (Å²) < 4.78 is 18.7. The highest BCUT2D eigenvalue weighted by Crippen LogP contribution is 2.29. The molecule has 0 aromatic heterocycles. The number of benzene rings is 3. The Morgan fingerprint density at radius 2 is 1.58 bits per heavy atom. The standard InChI is InChI=1S/C25H22FN3O2/c1-28(2)20-10-4-17(5-11-20)16-23-25(30)29(21-12-14-22(31-3)15-13-21)24(27-23)18-6-8-19(26)9-7-18/h4-16H,1-3H3/b23-16+. The summed E-state index contributed by atoms with van der Waals surface area (Å²) in [5.41, 5.74) is 3.55. The number of hydrogen-bond acceptors (Lipinski definition) is 4. The molecule has 0 radical (unpaired) electrons. The number of ether oxygens (including phenoxy) is 1. The third-order valence-corrected chi connectivity index (χ3v) is 5.01. The van der Waals surface area contributed by atoms with Crippen LogP contribution in [0.15, 0.2) is 83.5 Å². The van der Waals surface area contributed by atoms with E-state index in [9.17, 15) is 9.18 Å². The minimum absolute atomic E-state index is 0.249. The molecule has 0 aliphatic carbocycles. The molecule has 3 aromatic rings. The molecule has 0 bridgehead atoms. The van der Waals surface area contributed by atoms with Crippen LogP contribution in [-0.2, 0) is 4.79 Å².